The van der Waals surface area contributed by atoms with Gasteiger partial charge >= 0.3 is 0 Å². The van der Waals surface area contributed by atoms with Gasteiger partial charge in [0.25, 0.3) is 0 Å². The lowest BCUT2D eigenvalue weighted by Gasteiger charge is -2.27. The van der Waals surface area contributed by atoms with E-state index in [1.165, 1.54) is 44.9 Å². The molecule has 21 heavy (non-hydrogen) atoms. The summed E-state index contributed by atoms with van der Waals surface area (Å²) < 4.78 is 5.21. The van der Waals surface area contributed by atoms with Crippen LogP contribution in [0.15, 0.2) is 12.4 Å². The normalized spacial score (nSPS) is 18.2. The number of hydrogen-bond donors (Lipinski definition) is 1. The zero-order chi connectivity index (χ0) is 14.9. The third-order valence-corrected chi connectivity index (χ3v) is 4.46. The summed E-state index contributed by atoms with van der Waals surface area (Å²) >= 11 is 0. The Labute approximate surface area is 128 Å². The minimum atomic E-state index is 0.530. The summed E-state index contributed by atoms with van der Waals surface area (Å²) in [6.07, 6.45) is 12.0. The van der Waals surface area contributed by atoms with Crippen LogP contribution in [0.4, 0.5) is 0 Å². The van der Waals surface area contributed by atoms with Crippen LogP contribution in [-0.4, -0.2) is 29.7 Å². The first kappa shape index (κ1) is 16.2. The second kappa shape index (κ2) is 8.98. The van der Waals surface area contributed by atoms with Gasteiger partial charge in [-0.15, -0.1) is 0 Å². The second-order valence-electron chi connectivity index (χ2n) is 6.07. The lowest BCUT2D eigenvalue weighted by atomic mass is 9.88. The maximum absolute atomic E-state index is 5.21. The molecule has 0 amide bonds. The van der Waals surface area contributed by atoms with Gasteiger partial charge in [0.05, 0.1) is 7.11 Å². The predicted molar refractivity (Wildman–Crippen MR) is 85.6 cm³/mol. The molecule has 1 unspecified atom stereocenters. The fraction of sp³-hybridized carbons (Fsp3) is 0.765. The summed E-state index contributed by atoms with van der Waals surface area (Å²) in [5.74, 6) is 1.44. The molecule has 1 atom stereocenters. The van der Waals surface area contributed by atoms with E-state index in [2.05, 4.69) is 22.2 Å². The molecule has 1 fully saturated rings. The molecule has 0 aliphatic heterocycles. The molecule has 0 aromatic carbocycles. The van der Waals surface area contributed by atoms with Gasteiger partial charge in [-0.3, -0.25) is 0 Å². The molecule has 1 aliphatic rings. The van der Waals surface area contributed by atoms with Crippen molar-refractivity contribution in [3.8, 4) is 5.88 Å². The van der Waals surface area contributed by atoms with Crippen LogP contribution in [-0.2, 0) is 6.42 Å². The Bertz CT molecular complexity index is 403. The quantitative estimate of drug-likeness (QED) is 0.782. The van der Waals surface area contributed by atoms with Gasteiger partial charge in [-0.25, -0.2) is 9.97 Å². The highest BCUT2D eigenvalue weighted by Gasteiger charge is 2.23. The number of hydrogen-bond acceptors (Lipinski definition) is 4. The molecule has 0 saturated heterocycles. The molecular weight excluding hydrogens is 262 g/mol. The lowest BCUT2D eigenvalue weighted by molar-refractivity contribution is 0.315. The van der Waals surface area contributed by atoms with Crippen molar-refractivity contribution in [1.82, 2.24) is 15.3 Å². The standard InChI is InChI=1S/C17H29N3O/c1-3-10-18-16(14-8-6-4-5-7-9-14)11-15-12-17(21-2)20-13-19-15/h12-14,16,18H,3-11H2,1-2H3. The largest absolute Gasteiger partial charge is 0.481 e. The second-order valence-corrected chi connectivity index (χ2v) is 6.07. The topological polar surface area (TPSA) is 47.0 Å². The number of methoxy groups -OCH3 is 1. The van der Waals surface area contributed by atoms with Crippen molar-refractivity contribution in [3.63, 3.8) is 0 Å². The molecule has 0 radical (unpaired) electrons. The fourth-order valence-electron chi connectivity index (χ4n) is 3.27. The molecule has 2 rings (SSSR count). The van der Waals surface area contributed by atoms with E-state index in [1.807, 2.05) is 6.07 Å². The highest BCUT2D eigenvalue weighted by Crippen LogP contribution is 2.27. The van der Waals surface area contributed by atoms with Crippen LogP contribution in [0.3, 0.4) is 0 Å². The molecule has 0 spiro atoms. The summed E-state index contributed by atoms with van der Waals surface area (Å²) in [6.45, 7) is 3.31. The van der Waals surface area contributed by atoms with Crippen LogP contribution >= 0.6 is 0 Å². The molecule has 1 heterocycles. The van der Waals surface area contributed by atoms with Gasteiger partial charge in [0.1, 0.15) is 6.33 Å². The molecule has 118 valence electrons. The zero-order valence-corrected chi connectivity index (χ0v) is 13.5. The van der Waals surface area contributed by atoms with Crippen molar-refractivity contribution >= 4 is 0 Å². The van der Waals surface area contributed by atoms with Gasteiger partial charge in [-0.1, -0.05) is 32.6 Å². The van der Waals surface area contributed by atoms with Gasteiger partial charge in [0.2, 0.25) is 5.88 Å². The number of aromatic nitrogens is 2. The highest BCUT2D eigenvalue weighted by atomic mass is 16.5. The first-order chi connectivity index (χ1) is 10.3. The van der Waals surface area contributed by atoms with Crippen molar-refractivity contribution in [1.29, 1.82) is 0 Å². The monoisotopic (exact) mass is 291 g/mol. The Morgan fingerprint density at radius 3 is 2.67 bits per heavy atom. The average Bonchev–Trinajstić information content (AvgIpc) is 2.81. The predicted octanol–water partition coefficient (Wildman–Crippen LogP) is 3.37. The van der Waals surface area contributed by atoms with E-state index < -0.39 is 0 Å². The first-order valence-corrected chi connectivity index (χ1v) is 8.41. The molecular formula is C17H29N3O. The third kappa shape index (κ3) is 5.27. The van der Waals surface area contributed by atoms with Gasteiger partial charge < -0.3 is 10.1 Å². The van der Waals surface area contributed by atoms with Crippen LogP contribution in [0.5, 0.6) is 5.88 Å². The number of nitrogens with zero attached hydrogens (tertiary/aromatic N) is 2. The first-order valence-electron chi connectivity index (χ1n) is 8.41. The van der Waals surface area contributed by atoms with Gasteiger partial charge in [-0.2, -0.15) is 0 Å². The van der Waals surface area contributed by atoms with Crippen molar-refractivity contribution in [2.24, 2.45) is 5.92 Å². The van der Waals surface area contributed by atoms with Gasteiger partial charge in [-0.05, 0) is 31.7 Å². The third-order valence-electron chi connectivity index (χ3n) is 4.46. The van der Waals surface area contributed by atoms with Crippen LogP contribution in [0.1, 0.15) is 57.6 Å². The minimum Gasteiger partial charge on any atom is -0.481 e. The zero-order valence-electron chi connectivity index (χ0n) is 13.5. The molecule has 1 saturated carbocycles. The molecule has 1 aromatic heterocycles. The van der Waals surface area contributed by atoms with E-state index in [4.69, 9.17) is 4.74 Å². The van der Waals surface area contributed by atoms with Crippen molar-refractivity contribution in [2.75, 3.05) is 13.7 Å². The number of ether oxygens (including phenoxy) is 1. The lowest BCUT2D eigenvalue weighted by Crippen LogP contribution is -2.38. The van der Waals surface area contributed by atoms with Crippen LogP contribution in [0.25, 0.3) is 0 Å². The maximum Gasteiger partial charge on any atom is 0.216 e. The van der Waals surface area contributed by atoms with Crippen LogP contribution < -0.4 is 10.1 Å². The summed E-state index contributed by atoms with van der Waals surface area (Å²) in [5.41, 5.74) is 1.08. The Balaban J connectivity index is 2.03. The average molecular weight is 291 g/mol. The molecule has 1 aromatic rings. The van der Waals surface area contributed by atoms with E-state index in [9.17, 15) is 0 Å². The Hall–Kier alpha value is -1.16. The smallest absolute Gasteiger partial charge is 0.216 e. The van der Waals surface area contributed by atoms with Crippen LogP contribution in [0, 0.1) is 5.92 Å². The Morgan fingerprint density at radius 2 is 2.00 bits per heavy atom. The van der Waals surface area contributed by atoms with E-state index in [0.717, 1.165) is 24.6 Å². The van der Waals surface area contributed by atoms with Gasteiger partial charge in [0, 0.05) is 24.2 Å². The highest BCUT2D eigenvalue weighted by molar-refractivity contribution is 5.14. The molecule has 4 nitrogen and oxygen atoms in total. The Morgan fingerprint density at radius 1 is 1.24 bits per heavy atom. The molecule has 1 aliphatic carbocycles. The summed E-state index contributed by atoms with van der Waals surface area (Å²) in [5, 5.41) is 3.75. The molecule has 0 bridgehead atoms. The summed E-state index contributed by atoms with van der Waals surface area (Å²) in [4.78, 5) is 8.52. The summed E-state index contributed by atoms with van der Waals surface area (Å²) in [6, 6.07) is 2.50. The van der Waals surface area contributed by atoms with Crippen molar-refractivity contribution < 1.29 is 4.74 Å². The van der Waals surface area contributed by atoms with E-state index in [0.29, 0.717) is 11.9 Å². The van der Waals surface area contributed by atoms with E-state index in [1.54, 1.807) is 13.4 Å². The SMILES string of the molecule is CCCNC(Cc1cc(OC)ncn1)C1CCCCCC1. The van der Waals surface area contributed by atoms with Crippen molar-refractivity contribution in [3.05, 3.63) is 18.1 Å². The van der Waals surface area contributed by atoms with Crippen LogP contribution in [0.2, 0.25) is 0 Å². The maximum atomic E-state index is 5.21. The number of rotatable bonds is 7. The summed E-state index contributed by atoms with van der Waals surface area (Å²) in [7, 11) is 1.66. The Kier molecular flexibility index (Phi) is 6.93. The minimum absolute atomic E-state index is 0.530. The number of nitrogens with one attached hydrogen (secondary N) is 1. The van der Waals surface area contributed by atoms with E-state index in [-0.39, 0.29) is 0 Å². The van der Waals surface area contributed by atoms with Crippen molar-refractivity contribution in [2.45, 2.75) is 64.3 Å². The molecule has 4 heteroatoms. The molecule has 1 N–H and O–H groups in total. The van der Waals surface area contributed by atoms with E-state index >= 15 is 0 Å². The fourth-order valence-corrected chi connectivity index (χ4v) is 3.27. The van der Waals surface area contributed by atoms with Gasteiger partial charge in [0.15, 0.2) is 0 Å².